The van der Waals surface area contributed by atoms with Gasteiger partial charge >= 0.3 is 0 Å². The molecule has 0 fully saturated rings. The lowest BCUT2D eigenvalue weighted by Crippen LogP contribution is -2.34. The van der Waals surface area contributed by atoms with Crippen LogP contribution in [0.3, 0.4) is 0 Å². The van der Waals surface area contributed by atoms with E-state index < -0.39 is 10.0 Å². The van der Waals surface area contributed by atoms with Crippen molar-refractivity contribution in [2.75, 3.05) is 13.1 Å². The Hall–Kier alpha value is -1.70. The number of amides is 1. The topological polar surface area (TPSA) is 75.3 Å². The molecule has 0 atom stereocenters. The highest BCUT2D eigenvalue weighted by Gasteiger charge is 2.16. The summed E-state index contributed by atoms with van der Waals surface area (Å²) in [6.45, 7) is 4.00. The molecule has 1 amide bonds. The number of carbonyl (C=O) groups is 1. The van der Waals surface area contributed by atoms with E-state index in [-0.39, 0.29) is 23.9 Å². The molecule has 0 unspecified atom stereocenters. The number of benzene rings is 2. The van der Waals surface area contributed by atoms with Crippen LogP contribution in [0.25, 0.3) is 0 Å². The second-order valence-electron chi connectivity index (χ2n) is 5.43. The van der Waals surface area contributed by atoms with Crippen molar-refractivity contribution in [3.8, 4) is 0 Å². The number of aryl methyl sites for hydroxylation is 2. The van der Waals surface area contributed by atoms with Crippen LogP contribution in [-0.2, 0) is 10.0 Å². The van der Waals surface area contributed by atoms with Crippen molar-refractivity contribution in [1.29, 1.82) is 0 Å². The highest BCUT2D eigenvalue weighted by molar-refractivity contribution is 9.10. The van der Waals surface area contributed by atoms with E-state index in [0.29, 0.717) is 11.1 Å². The maximum Gasteiger partial charge on any atom is 0.251 e. The number of carbonyl (C=O) groups excluding carboxylic acids is 1. The van der Waals surface area contributed by atoms with Gasteiger partial charge in [-0.25, -0.2) is 13.1 Å². The molecule has 0 heterocycles. The molecule has 0 saturated heterocycles. The second-order valence-corrected chi connectivity index (χ2v) is 8.08. The first-order chi connectivity index (χ1) is 11.3. The highest BCUT2D eigenvalue weighted by Crippen LogP contribution is 2.16. The molecule has 5 nitrogen and oxygen atoms in total. The molecule has 0 saturated carbocycles. The lowest BCUT2D eigenvalue weighted by molar-refractivity contribution is 0.0954. The average Bonchev–Trinajstić information content (AvgIpc) is 2.51. The summed E-state index contributed by atoms with van der Waals surface area (Å²) in [6, 6.07) is 12.2. The fourth-order valence-electron chi connectivity index (χ4n) is 2.27. The van der Waals surface area contributed by atoms with Gasteiger partial charge in [-0.3, -0.25) is 4.79 Å². The van der Waals surface area contributed by atoms with Gasteiger partial charge in [0.25, 0.3) is 5.91 Å². The first-order valence-electron chi connectivity index (χ1n) is 7.40. The van der Waals surface area contributed by atoms with Gasteiger partial charge in [0, 0.05) is 23.1 Å². The number of sulfonamides is 1. The van der Waals surface area contributed by atoms with Gasteiger partial charge in [0.05, 0.1) is 4.90 Å². The molecule has 0 aliphatic carbocycles. The van der Waals surface area contributed by atoms with Crippen LogP contribution in [0.1, 0.15) is 21.5 Å². The number of hydrogen-bond acceptors (Lipinski definition) is 3. The molecule has 2 aromatic rings. The summed E-state index contributed by atoms with van der Waals surface area (Å²) in [6.07, 6.45) is 0. The molecule has 2 rings (SSSR count). The SMILES string of the molecule is Cc1ccc(S(=O)(=O)NCCNC(=O)c2cccc(Br)c2)c(C)c1. The van der Waals surface area contributed by atoms with Crippen molar-refractivity contribution < 1.29 is 13.2 Å². The number of halogens is 1. The summed E-state index contributed by atoms with van der Waals surface area (Å²) < 4.78 is 27.9. The van der Waals surface area contributed by atoms with Gasteiger partial charge in [0.15, 0.2) is 0 Å². The van der Waals surface area contributed by atoms with Gasteiger partial charge < -0.3 is 5.32 Å². The zero-order chi connectivity index (χ0) is 17.7. The molecule has 0 aromatic heterocycles. The molecule has 0 radical (unpaired) electrons. The van der Waals surface area contributed by atoms with E-state index in [0.717, 1.165) is 10.0 Å². The molecule has 2 N–H and O–H groups in total. The van der Waals surface area contributed by atoms with Crippen molar-refractivity contribution in [1.82, 2.24) is 10.0 Å². The first kappa shape index (κ1) is 18.6. The third-order valence-electron chi connectivity index (χ3n) is 3.41. The standard InChI is InChI=1S/C17H19BrN2O3S/c1-12-6-7-16(13(2)10-12)24(22,23)20-9-8-19-17(21)14-4-3-5-15(18)11-14/h3-7,10-11,20H,8-9H2,1-2H3,(H,19,21). The fourth-order valence-corrected chi connectivity index (χ4v) is 3.93. The second kappa shape index (κ2) is 7.92. The summed E-state index contributed by atoms with van der Waals surface area (Å²) in [5, 5.41) is 2.69. The predicted octanol–water partition coefficient (Wildman–Crippen LogP) is 2.77. The van der Waals surface area contributed by atoms with Crippen LogP contribution in [0.4, 0.5) is 0 Å². The lowest BCUT2D eigenvalue weighted by atomic mass is 10.2. The minimum atomic E-state index is -3.59. The fraction of sp³-hybridized carbons (Fsp3) is 0.235. The molecular weight excluding hydrogens is 392 g/mol. The van der Waals surface area contributed by atoms with Gasteiger partial charge in [-0.15, -0.1) is 0 Å². The maximum atomic E-state index is 12.3. The maximum absolute atomic E-state index is 12.3. The summed E-state index contributed by atoms with van der Waals surface area (Å²) in [5.74, 6) is -0.248. The number of nitrogens with one attached hydrogen (secondary N) is 2. The Morgan fingerprint density at radius 2 is 1.83 bits per heavy atom. The molecule has 0 bridgehead atoms. The summed E-state index contributed by atoms with van der Waals surface area (Å²) in [4.78, 5) is 12.2. The molecule has 0 aliphatic rings. The number of hydrogen-bond donors (Lipinski definition) is 2. The third kappa shape index (κ3) is 4.90. The van der Waals surface area contributed by atoms with E-state index in [2.05, 4.69) is 26.0 Å². The molecule has 7 heteroatoms. The van der Waals surface area contributed by atoms with E-state index >= 15 is 0 Å². The van der Waals surface area contributed by atoms with E-state index in [1.807, 2.05) is 19.1 Å². The smallest absolute Gasteiger partial charge is 0.251 e. The quantitative estimate of drug-likeness (QED) is 0.718. The van der Waals surface area contributed by atoms with Gasteiger partial charge in [0.2, 0.25) is 10.0 Å². The average molecular weight is 411 g/mol. The monoisotopic (exact) mass is 410 g/mol. The van der Waals surface area contributed by atoms with Crippen LogP contribution in [0.15, 0.2) is 51.8 Å². The molecular formula is C17H19BrN2O3S. The van der Waals surface area contributed by atoms with E-state index in [4.69, 9.17) is 0 Å². The van der Waals surface area contributed by atoms with E-state index in [1.165, 1.54) is 0 Å². The zero-order valence-electron chi connectivity index (χ0n) is 13.5. The van der Waals surface area contributed by atoms with Crippen LogP contribution in [0.5, 0.6) is 0 Å². The van der Waals surface area contributed by atoms with Crippen LogP contribution >= 0.6 is 15.9 Å². The normalized spacial score (nSPS) is 11.3. The Balaban J connectivity index is 1.90. The number of rotatable bonds is 6. The van der Waals surface area contributed by atoms with Crippen LogP contribution in [0.2, 0.25) is 0 Å². The van der Waals surface area contributed by atoms with Crippen LogP contribution in [0, 0.1) is 13.8 Å². The van der Waals surface area contributed by atoms with E-state index in [9.17, 15) is 13.2 Å². The minimum Gasteiger partial charge on any atom is -0.351 e. The Bertz CT molecular complexity index is 851. The largest absolute Gasteiger partial charge is 0.351 e. The van der Waals surface area contributed by atoms with Gasteiger partial charge in [-0.05, 0) is 43.7 Å². The van der Waals surface area contributed by atoms with Crippen molar-refractivity contribution >= 4 is 31.9 Å². The molecule has 2 aromatic carbocycles. The zero-order valence-corrected chi connectivity index (χ0v) is 15.9. The first-order valence-corrected chi connectivity index (χ1v) is 9.68. The van der Waals surface area contributed by atoms with Gasteiger partial charge in [0.1, 0.15) is 0 Å². The van der Waals surface area contributed by atoms with Crippen molar-refractivity contribution in [3.63, 3.8) is 0 Å². The van der Waals surface area contributed by atoms with Crippen molar-refractivity contribution in [2.24, 2.45) is 0 Å². The van der Waals surface area contributed by atoms with Crippen LogP contribution < -0.4 is 10.0 Å². The van der Waals surface area contributed by atoms with E-state index in [1.54, 1.807) is 37.3 Å². The summed E-state index contributed by atoms with van der Waals surface area (Å²) in [5.41, 5.74) is 2.22. The van der Waals surface area contributed by atoms with Crippen LogP contribution in [-0.4, -0.2) is 27.4 Å². The Labute approximate surface area is 150 Å². The van der Waals surface area contributed by atoms with Gasteiger partial charge in [-0.1, -0.05) is 39.7 Å². The molecule has 128 valence electrons. The third-order valence-corrected chi connectivity index (χ3v) is 5.52. The lowest BCUT2D eigenvalue weighted by Gasteiger charge is -2.10. The minimum absolute atomic E-state index is 0.120. The van der Waals surface area contributed by atoms with Gasteiger partial charge in [-0.2, -0.15) is 0 Å². The Kier molecular flexibility index (Phi) is 6.15. The predicted molar refractivity (Wildman–Crippen MR) is 97.6 cm³/mol. The molecule has 24 heavy (non-hydrogen) atoms. The Morgan fingerprint density at radius 3 is 2.50 bits per heavy atom. The van der Waals surface area contributed by atoms with Crippen molar-refractivity contribution in [3.05, 3.63) is 63.6 Å². The van der Waals surface area contributed by atoms with Crippen molar-refractivity contribution in [2.45, 2.75) is 18.7 Å². The Morgan fingerprint density at radius 1 is 1.08 bits per heavy atom. The molecule has 0 spiro atoms. The summed E-state index contributed by atoms with van der Waals surface area (Å²) >= 11 is 3.30. The molecule has 0 aliphatic heterocycles. The highest BCUT2D eigenvalue weighted by atomic mass is 79.9. The summed E-state index contributed by atoms with van der Waals surface area (Å²) in [7, 11) is -3.59.